The van der Waals surface area contributed by atoms with Crippen LogP contribution in [0.2, 0.25) is 0 Å². The maximum Gasteiger partial charge on any atom is 0.416 e. The lowest BCUT2D eigenvalue weighted by Crippen LogP contribution is -2.39. The molecule has 146 valence electrons. The molecule has 1 fully saturated rings. The molecular formula is C17H20F6N2S. The van der Waals surface area contributed by atoms with Crippen molar-refractivity contribution in [1.29, 1.82) is 0 Å². The van der Waals surface area contributed by atoms with E-state index in [1.807, 2.05) is 18.7 Å². The second-order valence-electron chi connectivity index (χ2n) is 6.50. The smallest absolute Gasteiger partial charge is 0.360 e. The summed E-state index contributed by atoms with van der Waals surface area (Å²) in [4.78, 5) is 1.86. The van der Waals surface area contributed by atoms with Crippen molar-refractivity contribution in [3.8, 4) is 0 Å². The van der Waals surface area contributed by atoms with Crippen LogP contribution in [0.1, 0.15) is 37.0 Å². The van der Waals surface area contributed by atoms with Gasteiger partial charge in [-0.1, -0.05) is 20.3 Å². The lowest BCUT2D eigenvalue weighted by atomic mass is 9.98. The summed E-state index contributed by atoms with van der Waals surface area (Å²) in [6.07, 6.45) is -8.73. The van der Waals surface area contributed by atoms with Gasteiger partial charge in [0.15, 0.2) is 5.11 Å². The second kappa shape index (κ2) is 7.62. The Kier molecular flexibility index (Phi) is 6.09. The quantitative estimate of drug-likeness (QED) is 0.563. The minimum Gasteiger partial charge on any atom is -0.360 e. The first-order valence-corrected chi connectivity index (χ1v) is 8.67. The molecule has 2 atom stereocenters. The Morgan fingerprint density at radius 3 is 2.12 bits per heavy atom. The van der Waals surface area contributed by atoms with E-state index in [0.29, 0.717) is 17.6 Å². The number of hydrogen-bond acceptors (Lipinski definition) is 1. The van der Waals surface area contributed by atoms with Crippen LogP contribution in [0.15, 0.2) is 18.2 Å². The molecule has 0 spiro atoms. The minimum atomic E-state index is -4.83. The summed E-state index contributed by atoms with van der Waals surface area (Å²) >= 11 is 5.22. The fourth-order valence-corrected chi connectivity index (χ4v) is 3.33. The van der Waals surface area contributed by atoms with Gasteiger partial charge >= 0.3 is 12.4 Å². The number of nitrogens with one attached hydrogen (secondary N) is 1. The Morgan fingerprint density at radius 1 is 1.12 bits per heavy atom. The third-order valence-electron chi connectivity index (χ3n) is 4.71. The standard InChI is InChI=1S/C17H20F6N2S/c1-3-10(2)14-9-24-15(26)25(14)5-4-11-6-12(16(18,19)20)8-13(7-11)17(21,22)23/h6-8,10,14H,3-5,9H2,1-2H3,(H,24,26)/t10?,14-/m1/s1. The van der Waals surface area contributed by atoms with Crippen molar-refractivity contribution in [2.75, 3.05) is 13.1 Å². The van der Waals surface area contributed by atoms with E-state index in [9.17, 15) is 26.3 Å². The highest BCUT2D eigenvalue weighted by atomic mass is 32.1. The molecule has 2 rings (SSSR count). The first-order valence-electron chi connectivity index (χ1n) is 8.26. The zero-order chi connectivity index (χ0) is 19.7. The van der Waals surface area contributed by atoms with Crippen molar-refractivity contribution in [2.45, 2.75) is 45.1 Å². The summed E-state index contributed by atoms with van der Waals surface area (Å²) in [5.41, 5.74) is -2.59. The molecule has 1 aromatic carbocycles. The number of thiocarbonyl (C=S) groups is 1. The van der Waals surface area contributed by atoms with E-state index in [0.717, 1.165) is 18.6 Å². The highest BCUT2D eigenvalue weighted by Gasteiger charge is 2.37. The van der Waals surface area contributed by atoms with Crippen LogP contribution in [-0.4, -0.2) is 29.1 Å². The molecule has 1 unspecified atom stereocenters. The molecule has 1 heterocycles. The van der Waals surface area contributed by atoms with E-state index in [2.05, 4.69) is 5.32 Å². The zero-order valence-corrected chi connectivity index (χ0v) is 15.2. The molecule has 1 aliphatic rings. The van der Waals surface area contributed by atoms with E-state index in [1.165, 1.54) is 0 Å². The van der Waals surface area contributed by atoms with Gasteiger partial charge in [-0.2, -0.15) is 26.3 Å². The van der Waals surface area contributed by atoms with Crippen LogP contribution in [0, 0.1) is 5.92 Å². The van der Waals surface area contributed by atoms with E-state index >= 15 is 0 Å². The molecule has 1 N–H and O–H groups in total. The van der Waals surface area contributed by atoms with Gasteiger partial charge < -0.3 is 10.2 Å². The molecule has 2 nitrogen and oxygen atoms in total. The minimum absolute atomic E-state index is 0.00949. The average Bonchev–Trinajstić information content (AvgIpc) is 2.91. The van der Waals surface area contributed by atoms with Gasteiger partial charge in [0.1, 0.15) is 0 Å². The van der Waals surface area contributed by atoms with Gasteiger partial charge in [0.25, 0.3) is 0 Å². The number of nitrogens with zero attached hydrogens (tertiary/aromatic N) is 1. The Balaban J connectivity index is 2.24. The van der Waals surface area contributed by atoms with Gasteiger partial charge in [-0.3, -0.25) is 0 Å². The molecule has 0 aromatic heterocycles. The molecule has 0 saturated carbocycles. The van der Waals surface area contributed by atoms with Crippen molar-refractivity contribution in [2.24, 2.45) is 5.92 Å². The Labute approximate surface area is 153 Å². The van der Waals surface area contributed by atoms with Crippen LogP contribution < -0.4 is 5.32 Å². The first kappa shape index (κ1) is 20.8. The number of hydrogen-bond donors (Lipinski definition) is 1. The van der Waals surface area contributed by atoms with Gasteiger partial charge in [0.05, 0.1) is 17.2 Å². The average molecular weight is 398 g/mol. The largest absolute Gasteiger partial charge is 0.416 e. The summed E-state index contributed by atoms with van der Waals surface area (Å²) in [7, 11) is 0. The summed E-state index contributed by atoms with van der Waals surface area (Å²) in [5.74, 6) is 0.301. The van der Waals surface area contributed by atoms with E-state index in [4.69, 9.17) is 12.2 Å². The first-order chi connectivity index (χ1) is 11.9. The second-order valence-corrected chi connectivity index (χ2v) is 6.88. The van der Waals surface area contributed by atoms with Gasteiger partial charge in [0.2, 0.25) is 0 Å². The van der Waals surface area contributed by atoms with Crippen LogP contribution in [-0.2, 0) is 18.8 Å². The van der Waals surface area contributed by atoms with Gasteiger partial charge in [-0.15, -0.1) is 0 Å². The van der Waals surface area contributed by atoms with Crippen molar-refractivity contribution in [3.05, 3.63) is 34.9 Å². The molecule has 26 heavy (non-hydrogen) atoms. The van der Waals surface area contributed by atoms with Crippen molar-refractivity contribution >= 4 is 17.3 Å². The molecule has 1 saturated heterocycles. The fraction of sp³-hybridized carbons (Fsp3) is 0.588. The lowest BCUT2D eigenvalue weighted by Gasteiger charge is -2.29. The normalized spacial score (nSPS) is 19.6. The maximum atomic E-state index is 12.9. The topological polar surface area (TPSA) is 15.3 Å². The highest BCUT2D eigenvalue weighted by molar-refractivity contribution is 7.80. The zero-order valence-electron chi connectivity index (χ0n) is 14.3. The molecule has 0 amide bonds. The third-order valence-corrected chi connectivity index (χ3v) is 5.09. The Bertz CT molecular complexity index is 623. The highest BCUT2D eigenvalue weighted by Crippen LogP contribution is 2.36. The summed E-state index contributed by atoms with van der Waals surface area (Å²) in [6.45, 7) is 4.95. The molecule has 0 radical (unpaired) electrons. The maximum absolute atomic E-state index is 12.9. The molecule has 1 aliphatic heterocycles. The molecule has 0 aliphatic carbocycles. The Morgan fingerprint density at radius 2 is 1.65 bits per heavy atom. The van der Waals surface area contributed by atoms with Crippen molar-refractivity contribution in [3.63, 3.8) is 0 Å². The van der Waals surface area contributed by atoms with Crippen molar-refractivity contribution in [1.82, 2.24) is 10.2 Å². The molecule has 1 aromatic rings. The summed E-state index contributed by atoms with van der Waals surface area (Å²) < 4.78 is 77.7. The summed E-state index contributed by atoms with van der Waals surface area (Å²) in [5, 5.41) is 3.52. The predicted molar refractivity (Wildman–Crippen MR) is 90.7 cm³/mol. The number of halogens is 6. The lowest BCUT2D eigenvalue weighted by molar-refractivity contribution is -0.143. The number of benzene rings is 1. The van der Waals surface area contributed by atoms with E-state index in [-0.39, 0.29) is 30.6 Å². The van der Waals surface area contributed by atoms with E-state index in [1.54, 1.807) is 0 Å². The van der Waals surface area contributed by atoms with Gasteiger partial charge in [0, 0.05) is 13.1 Å². The molecule has 0 bridgehead atoms. The monoisotopic (exact) mass is 398 g/mol. The van der Waals surface area contributed by atoms with Crippen LogP contribution in [0.3, 0.4) is 0 Å². The fourth-order valence-electron chi connectivity index (χ4n) is 3.02. The van der Waals surface area contributed by atoms with Crippen LogP contribution in [0.5, 0.6) is 0 Å². The van der Waals surface area contributed by atoms with Crippen molar-refractivity contribution < 1.29 is 26.3 Å². The van der Waals surface area contributed by atoms with Crippen LogP contribution in [0.4, 0.5) is 26.3 Å². The molecular weight excluding hydrogens is 378 g/mol. The predicted octanol–water partition coefficient (Wildman–Crippen LogP) is 4.87. The Hall–Kier alpha value is -1.51. The molecule has 9 heteroatoms. The third kappa shape index (κ3) is 4.81. The van der Waals surface area contributed by atoms with Crippen LogP contribution in [0.25, 0.3) is 0 Å². The van der Waals surface area contributed by atoms with Crippen LogP contribution >= 0.6 is 12.2 Å². The SMILES string of the molecule is CCC(C)[C@H]1CNC(=S)N1CCc1cc(C(F)(F)F)cc(C(F)(F)F)c1. The van der Waals surface area contributed by atoms with Gasteiger partial charge in [-0.05, 0) is 48.3 Å². The van der Waals surface area contributed by atoms with Gasteiger partial charge in [-0.25, -0.2) is 0 Å². The van der Waals surface area contributed by atoms with E-state index < -0.39 is 23.5 Å². The number of alkyl halides is 6. The summed E-state index contributed by atoms with van der Waals surface area (Å²) in [6, 6.07) is 1.79. The number of rotatable bonds is 5.